The molecule has 0 fully saturated rings. The first-order valence-corrected chi connectivity index (χ1v) is 10.2. The van der Waals surface area contributed by atoms with E-state index < -0.39 is 6.09 Å². The molecule has 0 bridgehead atoms. The van der Waals surface area contributed by atoms with E-state index in [1.54, 1.807) is 24.3 Å². The Labute approximate surface area is 177 Å². The molecule has 6 heteroatoms. The van der Waals surface area contributed by atoms with Crippen molar-refractivity contribution in [1.82, 2.24) is 0 Å². The van der Waals surface area contributed by atoms with Gasteiger partial charge in [-0.3, -0.25) is 5.32 Å². The lowest BCUT2D eigenvalue weighted by Gasteiger charge is -2.06. The van der Waals surface area contributed by atoms with Crippen LogP contribution >= 0.6 is 39.3 Å². The summed E-state index contributed by atoms with van der Waals surface area (Å²) in [4.78, 5) is 12.7. The smallest absolute Gasteiger partial charge is 0.411 e. The van der Waals surface area contributed by atoms with Gasteiger partial charge in [0, 0.05) is 26.5 Å². The van der Waals surface area contributed by atoms with Gasteiger partial charge < -0.3 is 4.74 Å². The zero-order valence-electron chi connectivity index (χ0n) is 14.4. The third-order valence-corrected chi connectivity index (χ3v) is 4.66. The van der Waals surface area contributed by atoms with Gasteiger partial charge in [-0.1, -0.05) is 39.5 Å². The van der Waals surface area contributed by atoms with Crippen LogP contribution < -0.4 is 5.32 Å². The minimum absolute atomic E-state index is 0.346. The minimum Gasteiger partial charge on any atom is -0.449 e. The number of unbranched alkanes of at least 4 members (excludes halogenated alkanes) is 2. The van der Waals surface area contributed by atoms with E-state index >= 15 is 0 Å². The van der Waals surface area contributed by atoms with Crippen LogP contribution in [0.4, 0.5) is 10.5 Å². The number of carbonyl (C=O) groups is 1. The highest BCUT2D eigenvalue weighted by atomic mass is 79.9. The zero-order chi connectivity index (χ0) is 19.3. The van der Waals surface area contributed by atoms with Gasteiger partial charge in [-0.25, -0.2) is 4.79 Å². The summed E-state index contributed by atoms with van der Waals surface area (Å²) >= 11 is 10.7. The van der Waals surface area contributed by atoms with Gasteiger partial charge in [0.1, 0.15) is 0 Å². The number of benzene rings is 2. The molecule has 0 aromatic heterocycles. The van der Waals surface area contributed by atoms with Crippen LogP contribution in [0.1, 0.15) is 19.3 Å². The topological polar surface area (TPSA) is 38.3 Å². The summed E-state index contributed by atoms with van der Waals surface area (Å²) in [6.07, 6.45) is 1.83. The molecule has 0 saturated heterocycles. The number of carbonyl (C=O) groups excluding carboxylic acids is 1. The Bertz CT molecular complexity index is 879. The summed E-state index contributed by atoms with van der Waals surface area (Å²) in [5.41, 5.74) is 0.609. The highest BCUT2D eigenvalue weighted by Gasteiger charge is 2.02. The average molecular weight is 463 g/mol. The van der Waals surface area contributed by atoms with Gasteiger partial charge in [0.2, 0.25) is 0 Å². The number of ether oxygens (including phenoxy) is 1. The van der Waals surface area contributed by atoms with Gasteiger partial charge in [-0.05, 0) is 84.2 Å². The fraction of sp³-hybridized carbons (Fsp3) is 0.190. The van der Waals surface area contributed by atoms with Gasteiger partial charge in [0.15, 0.2) is 0 Å². The summed E-state index contributed by atoms with van der Waals surface area (Å²) in [6, 6.07) is 14.9. The van der Waals surface area contributed by atoms with Gasteiger partial charge in [0.25, 0.3) is 0 Å². The molecule has 3 nitrogen and oxygen atoms in total. The molecular weight excluding hydrogens is 446 g/mol. The number of thioether (sulfide) groups is 1. The predicted molar refractivity (Wildman–Crippen MR) is 116 cm³/mol. The summed E-state index contributed by atoms with van der Waals surface area (Å²) in [7, 11) is 0. The molecule has 2 rings (SSSR count). The maximum absolute atomic E-state index is 11.6. The average Bonchev–Trinajstić information content (AvgIpc) is 2.64. The van der Waals surface area contributed by atoms with E-state index in [0.29, 0.717) is 17.3 Å². The molecule has 0 radical (unpaired) electrons. The second-order valence-corrected chi connectivity index (χ2v) is 7.54. The largest absolute Gasteiger partial charge is 0.449 e. The molecule has 0 unspecified atom stereocenters. The molecule has 0 aliphatic rings. The van der Waals surface area contributed by atoms with E-state index in [1.807, 2.05) is 24.3 Å². The van der Waals surface area contributed by atoms with Crippen LogP contribution in [-0.2, 0) is 4.74 Å². The number of amides is 1. The molecule has 0 saturated carbocycles. The van der Waals surface area contributed by atoms with Crippen molar-refractivity contribution in [3.8, 4) is 23.0 Å². The van der Waals surface area contributed by atoms with Gasteiger partial charge in [-0.15, -0.1) is 0 Å². The van der Waals surface area contributed by atoms with Crippen molar-refractivity contribution in [1.29, 1.82) is 0 Å². The Kier molecular flexibility index (Phi) is 9.73. The minimum atomic E-state index is -0.487. The molecule has 0 spiro atoms. The van der Waals surface area contributed by atoms with Crippen LogP contribution in [0.5, 0.6) is 0 Å². The number of hydrogen-bond acceptors (Lipinski definition) is 3. The first kappa shape index (κ1) is 21.3. The van der Waals surface area contributed by atoms with Crippen LogP contribution in [0.15, 0.2) is 57.9 Å². The van der Waals surface area contributed by atoms with Crippen molar-refractivity contribution in [2.45, 2.75) is 24.2 Å². The molecule has 1 amide bonds. The van der Waals surface area contributed by atoms with E-state index in [4.69, 9.17) is 16.3 Å². The van der Waals surface area contributed by atoms with Crippen molar-refractivity contribution in [3.63, 3.8) is 0 Å². The lowest BCUT2D eigenvalue weighted by molar-refractivity contribution is 0.159. The van der Waals surface area contributed by atoms with Crippen molar-refractivity contribution in [3.05, 3.63) is 58.0 Å². The molecule has 0 atom stereocenters. The van der Waals surface area contributed by atoms with Crippen LogP contribution in [0.3, 0.4) is 0 Å². The number of nitrogens with one attached hydrogen (secondary N) is 1. The van der Waals surface area contributed by atoms with E-state index in [-0.39, 0.29) is 0 Å². The normalized spacial score (nSPS) is 9.41. The molecule has 2 aromatic rings. The molecule has 2 aromatic carbocycles. The maximum atomic E-state index is 11.6. The Hall–Kier alpha value is -2.05. The Morgan fingerprint density at radius 3 is 2.74 bits per heavy atom. The van der Waals surface area contributed by atoms with Crippen molar-refractivity contribution < 1.29 is 9.53 Å². The van der Waals surface area contributed by atoms with Crippen LogP contribution in [0.25, 0.3) is 0 Å². The molecule has 27 heavy (non-hydrogen) atoms. The number of anilines is 1. The summed E-state index contributed by atoms with van der Waals surface area (Å²) < 4.78 is 6.16. The third-order valence-electron chi connectivity index (χ3n) is 3.18. The van der Waals surface area contributed by atoms with Crippen molar-refractivity contribution >= 4 is 51.1 Å². The maximum Gasteiger partial charge on any atom is 0.411 e. The van der Waals surface area contributed by atoms with Crippen LogP contribution in [-0.4, -0.2) is 12.7 Å². The standard InChI is InChI=1S/C21H17BrClNO2S/c22-17-10-12-20(13-11-17)27-15-6-4-2-1-3-5-14-26-21(25)24-19-9-7-8-18(23)16-19/h7-13,16H,1,3,5,14H2,(H,24,25). The second-order valence-electron chi connectivity index (χ2n) is 5.31. The van der Waals surface area contributed by atoms with Crippen LogP contribution in [0, 0.1) is 23.0 Å². The lowest BCUT2D eigenvalue weighted by atomic mass is 10.2. The molecule has 1 N–H and O–H groups in total. The molecule has 138 valence electrons. The summed E-state index contributed by atoms with van der Waals surface area (Å²) in [5.74, 6) is 8.65. The molecule has 0 aliphatic heterocycles. The quantitative estimate of drug-likeness (QED) is 0.299. The third kappa shape index (κ3) is 9.45. The summed E-state index contributed by atoms with van der Waals surface area (Å²) in [5, 5.41) is 6.14. The SMILES string of the molecule is O=C(Nc1cccc(Cl)c1)OCCCCC#CC#CSc1ccc(Br)cc1. The predicted octanol–water partition coefficient (Wildman–Crippen LogP) is 6.58. The second kappa shape index (κ2) is 12.4. The first-order valence-electron chi connectivity index (χ1n) is 8.23. The van der Waals surface area contributed by atoms with Gasteiger partial charge >= 0.3 is 6.09 Å². The number of halogens is 2. The molecule has 0 heterocycles. The van der Waals surface area contributed by atoms with E-state index in [2.05, 4.69) is 44.3 Å². The lowest BCUT2D eigenvalue weighted by Crippen LogP contribution is -2.14. The van der Waals surface area contributed by atoms with Crippen molar-refractivity contribution in [2.24, 2.45) is 0 Å². The Balaban J connectivity index is 1.55. The Morgan fingerprint density at radius 2 is 1.96 bits per heavy atom. The highest BCUT2D eigenvalue weighted by Crippen LogP contribution is 2.19. The van der Waals surface area contributed by atoms with E-state index in [0.717, 1.165) is 28.6 Å². The Morgan fingerprint density at radius 1 is 1.15 bits per heavy atom. The zero-order valence-corrected chi connectivity index (χ0v) is 17.6. The molecule has 0 aliphatic carbocycles. The fourth-order valence-electron chi connectivity index (χ4n) is 1.92. The fourth-order valence-corrected chi connectivity index (χ4v) is 2.87. The highest BCUT2D eigenvalue weighted by molar-refractivity contribution is 9.10. The van der Waals surface area contributed by atoms with E-state index in [1.165, 1.54) is 11.8 Å². The van der Waals surface area contributed by atoms with Gasteiger partial charge in [-0.2, -0.15) is 0 Å². The van der Waals surface area contributed by atoms with E-state index in [9.17, 15) is 4.79 Å². The first-order chi connectivity index (χ1) is 13.1. The van der Waals surface area contributed by atoms with Crippen molar-refractivity contribution in [2.75, 3.05) is 11.9 Å². The summed E-state index contributed by atoms with van der Waals surface area (Å²) in [6.45, 7) is 0.346. The monoisotopic (exact) mass is 461 g/mol. The molecular formula is C21H17BrClNO2S. The van der Waals surface area contributed by atoms with Crippen LogP contribution in [0.2, 0.25) is 5.02 Å². The number of rotatable bonds is 6. The van der Waals surface area contributed by atoms with Gasteiger partial charge in [0.05, 0.1) is 6.61 Å². The number of hydrogen-bond donors (Lipinski definition) is 1.